The first-order valence-corrected chi connectivity index (χ1v) is 10.5. The van der Waals surface area contributed by atoms with Gasteiger partial charge in [-0.3, -0.25) is 9.59 Å². The Labute approximate surface area is 181 Å². The zero-order valence-electron chi connectivity index (χ0n) is 17.0. The summed E-state index contributed by atoms with van der Waals surface area (Å²) in [5.74, 6) is -0.536. The fourth-order valence-electron chi connectivity index (χ4n) is 4.24. The van der Waals surface area contributed by atoms with Gasteiger partial charge >= 0.3 is 5.97 Å². The average Bonchev–Trinajstić information content (AvgIpc) is 3.43. The second kappa shape index (κ2) is 8.19. The largest absolute Gasteiger partial charge is 0.452 e. The molecule has 0 saturated carbocycles. The molecule has 3 aromatic carbocycles. The van der Waals surface area contributed by atoms with E-state index in [2.05, 4.69) is 5.10 Å². The Morgan fingerprint density at radius 3 is 2.13 bits per heavy atom. The zero-order valence-corrected chi connectivity index (χ0v) is 17.0. The molecule has 0 saturated heterocycles. The fraction of sp³-hybridized carbons (Fsp3) is 0.192. The van der Waals surface area contributed by atoms with E-state index >= 15 is 0 Å². The van der Waals surface area contributed by atoms with Crippen molar-refractivity contribution in [2.75, 3.05) is 6.54 Å². The lowest BCUT2D eigenvalue weighted by Gasteiger charge is -2.16. The van der Waals surface area contributed by atoms with Crippen molar-refractivity contribution in [3.05, 3.63) is 95.6 Å². The topological polar surface area (TPSA) is 59.0 Å². The van der Waals surface area contributed by atoms with Gasteiger partial charge in [-0.1, -0.05) is 78.9 Å². The molecule has 1 aliphatic heterocycles. The highest BCUT2D eigenvalue weighted by Crippen LogP contribution is 2.45. The van der Waals surface area contributed by atoms with Gasteiger partial charge in [-0.15, -0.1) is 0 Å². The first kappa shape index (κ1) is 19.2. The van der Waals surface area contributed by atoms with Crippen molar-refractivity contribution in [2.24, 2.45) is 5.10 Å². The molecule has 5 nitrogen and oxygen atoms in total. The first-order valence-electron chi connectivity index (χ1n) is 10.5. The number of carbonyl (C=O) groups excluding carboxylic acids is 2. The summed E-state index contributed by atoms with van der Waals surface area (Å²) in [6, 6.07) is 25.8. The molecule has 5 rings (SSSR count). The van der Waals surface area contributed by atoms with Gasteiger partial charge in [-0.05, 0) is 16.7 Å². The SMILES string of the molecule is O=C(CCC(=O)N1CCC(c2ccccc2)=N1)OC1c2ccccc2-c2ccccc21. The Balaban J connectivity index is 1.22. The van der Waals surface area contributed by atoms with Gasteiger partial charge in [-0.25, -0.2) is 5.01 Å². The molecule has 31 heavy (non-hydrogen) atoms. The molecular formula is C26H22N2O3. The Hall–Kier alpha value is -3.73. The number of fused-ring (bicyclic) bond motifs is 3. The molecule has 1 amide bonds. The van der Waals surface area contributed by atoms with Crippen LogP contribution < -0.4 is 0 Å². The van der Waals surface area contributed by atoms with Crippen molar-refractivity contribution in [1.82, 2.24) is 5.01 Å². The van der Waals surface area contributed by atoms with Gasteiger partial charge in [0, 0.05) is 24.0 Å². The van der Waals surface area contributed by atoms with Gasteiger partial charge in [0.2, 0.25) is 5.91 Å². The first-order chi connectivity index (χ1) is 15.2. The molecule has 0 aromatic heterocycles. The number of nitrogens with zero attached hydrogens (tertiary/aromatic N) is 2. The number of benzene rings is 3. The van der Waals surface area contributed by atoms with E-state index in [-0.39, 0.29) is 24.7 Å². The van der Waals surface area contributed by atoms with Gasteiger partial charge in [0.05, 0.1) is 18.7 Å². The van der Waals surface area contributed by atoms with Crippen molar-refractivity contribution in [3.63, 3.8) is 0 Å². The van der Waals surface area contributed by atoms with Crippen LogP contribution in [0.2, 0.25) is 0 Å². The molecule has 0 atom stereocenters. The van der Waals surface area contributed by atoms with Crippen molar-refractivity contribution < 1.29 is 14.3 Å². The molecule has 0 fully saturated rings. The molecule has 1 heterocycles. The minimum absolute atomic E-state index is 0.0341. The van der Waals surface area contributed by atoms with Crippen molar-refractivity contribution >= 4 is 17.6 Å². The van der Waals surface area contributed by atoms with E-state index in [9.17, 15) is 9.59 Å². The maximum absolute atomic E-state index is 12.6. The second-order valence-electron chi connectivity index (χ2n) is 7.72. The molecule has 0 N–H and O–H groups in total. The third-order valence-electron chi connectivity index (χ3n) is 5.77. The molecule has 0 bridgehead atoms. The number of ether oxygens (including phenoxy) is 1. The van der Waals surface area contributed by atoms with Crippen LogP contribution in [0, 0.1) is 0 Å². The lowest BCUT2D eigenvalue weighted by atomic mass is 10.1. The van der Waals surface area contributed by atoms with Crippen molar-refractivity contribution in [1.29, 1.82) is 0 Å². The van der Waals surface area contributed by atoms with Gasteiger partial charge in [-0.2, -0.15) is 5.10 Å². The van der Waals surface area contributed by atoms with E-state index in [1.54, 1.807) is 0 Å². The molecule has 2 aliphatic rings. The fourth-order valence-corrected chi connectivity index (χ4v) is 4.24. The number of hydrogen-bond acceptors (Lipinski definition) is 4. The van der Waals surface area contributed by atoms with Crippen LogP contribution in [0.4, 0.5) is 0 Å². The summed E-state index contributed by atoms with van der Waals surface area (Å²) >= 11 is 0. The van der Waals surface area contributed by atoms with Crippen molar-refractivity contribution in [3.8, 4) is 11.1 Å². The van der Waals surface area contributed by atoms with E-state index in [0.29, 0.717) is 6.54 Å². The number of amides is 1. The standard InChI is InChI=1S/C26H22N2O3/c29-24(28-17-16-23(27-28)18-8-2-1-3-9-18)14-15-25(30)31-26-21-12-6-4-10-19(21)20-11-5-7-13-22(20)26/h1-13,26H,14-17H2. The molecule has 154 valence electrons. The van der Waals surface area contributed by atoms with Crippen LogP contribution in [-0.2, 0) is 14.3 Å². The lowest BCUT2D eigenvalue weighted by molar-refractivity contribution is -0.149. The molecule has 1 aliphatic carbocycles. The molecule has 0 unspecified atom stereocenters. The number of hydrazone groups is 1. The van der Waals surface area contributed by atoms with Gasteiger partial charge in [0.15, 0.2) is 6.10 Å². The monoisotopic (exact) mass is 410 g/mol. The maximum atomic E-state index is 12.6. The minimum atomic E-state index is -0.426. The summed E-state index contributed by atoms with van der Waals surface area (Å²) in [5, 5.41) is 5.92. The summed E-state index contributed by atoms with van der Waals surface area (Å²) in [6.07, 6.45) is 0.410. The summed E-state index contributed by atoms with van der Waals surface area (Å²) in [7, 11) is 0. The predicted molar refractivity (Wildman–Crippen MR) is 118 cm³/mol. The highest BCUT2D eigenvalue weighted by atomic mass is 16.5. The summed E-state index contributed by atoms with van der Waals surface area (Å²) < 4.78 is 5.82. The zero-order chi connectivity index (χ0) is 21.2. The quantitative estimate of drug-likeness (QED) is 0.572. The minimum Gasteiger partial charge on any atom is -0.452 e. The molecule has 3 aromatic rings. The summed E-state index contributed by atoms with van der Waals surface area (Å²) in [4.78, 5) is 25.2. The molecule has 5 heteroatoms. The van der Waals surface area contributed by atoms with Crippen LogP contribution in [0.5, 0.6) is 0 Å². The molecule has 0 radical (unpaired) electrons. The Morgan fingerprint density at radius 1 is 0.839 bits per heavy atom. The van der Waals surface area contributed by atoms with E-state index in [4.69, 9.17) is 4.74 Å². The third kappa shape index (κ3) is 3.75. The number of esters is 1. The maximum Gasteiger partial charge on any atom is 0.307 e. The smallest absolute Gasteiger partial charge is 0.307 e. The van der Waals surface area contributed by atoms with E-state index in [0.717, 1.165) is 39.9 Å². The van der Waals surface area contributed by atoms with E-state index in [1.807, 2.05) is 78.9 Å². The van der Waals surface area contributed by atoms with Crippen molar-refractivity contribution in [2.45, 2.75) is 25.4 Å². The Bertz CT molecular complexity index is 1120. The second-order valence-corrected chi connectivity index (χ2v) is 7.72. The van der Waals surface area contributed by atoms with Crippen LogP contribution >= 0.6 is 0 Å². The van der Waals surface area contributed by atoms with Crippen LogP contribution in [0.15, 0.2) is 84.0 Å². The summed E-state index contributed by atoms with van der Waals surface area (Å²) in [6.45, 7) is 0.543. The molecule has 0 spiro atoms. The number of hydrogen-bond donors (Lipinski definition) is 0. The summed E-state index contributed by atoms with van der Waals surface area (Å²) in [5.41, 5.74) is 6.07. The van der Waals surface area contributed by atoms with Gasteiger partial charge in [0.25, 0.3) is 0 Å². The van der Waals surface area contributed by atoms with Crippen LogP contribution in [0.3, 0.4) is 0 Å². The van der Waals surface area contributed by atoms with E-state index < -0.39 is 6.10 Å². The van der Waals surface area contributed by atoms with E-state index in [1.165, 1.54) is 5.01 Å². The Kier molecular flexibility index (Phi) is 5.08. The van der Waals surface area contributed by atoms with Gasteiger partial charge < -0.3 is 4.74 Å². The van der Waals surface area contributed by atoms with Gasteiger partial charge in [0.1, 0.15) is 0 Å². The van der Waals surface area contributed by atoms with Crippen LogP contribution in [0.25, 0.3) is 11.1 Å². The number of rotatable bonds is 5. The number of carbonyl (C=O) groups is 2. The predicted octanol–water partition coefficient (Wildman–Crippen LogP) is 4.72. The highest BCUT2D eigenvalue weighted by molar-refractivity contribution is 6.02. The molecular weight excluding hydrogens is 388 g/mol. The third-order valence-corrected chi connectivity index (χ3v) is 5.77. The lowest BCUT2D eigenvalue weighted by Crippen LogP contribution is -2.24. The highest BCUT2D eigenvalue weighted by Gasteiger charge is 2.31. The van der Waals surface area contributed by atoms with Crippen LogP contribution in [-0.4, -0.2) is 29.1 Å². The Morgan fingerprint density at radius 2 is 1.45 bits per heavy atom. The normalized spacial score (nSPS) is 14.7. The average molecular weight is 410 g/mol. The van der Waals surface area contributed by atoms with Crippen LogP contribution in [0.1, 0.15) is 42.1 Å².